The monoisotopic (exact) mass is 335 g/mol. The summed E-state index contributed by atoms with van der Waals surface area (Å²) in [6.45, 7) is 0.610. The van der Waals surface area contributed by atoms with Crippen LogP contribution in [0.1, 0.15) is 29.6 Å². The lowest BCUT2D eigenvalue weighted by atomic mass is 9.86. The Balaban J connectivity index is 1.51. The molecular formula is C16H21N3O3S. The molecule has 0 atom stereocenters. The van der Waals surface area contributed by atoms with E-state index in [-0.39, 0.29) is 18.2 Å². The number of sulfonamides is 1. The van der Waals surface area contributed by atoms with Gasteiger partial charge >= 0.3 is 0 Å². The molecule has 1 heterocycles. The van der Waals surface area contributed by atoms with Gasteiger partial charge in [0.1, 0.15) is 0 Å². The van der Waals surface area contributed by atoms with Gasteiger partial charge in [0.25, 0.3) is 5.91 Å². The normalized spacial score (nSPS) is 15.5. The third kappa shape index (κ3) is 3.92. The Morgan fingerprint density at radius 1 is 1.26 bits per heavy atom. The van der Waals surface area contributed by atoms with Crippen LogP contribution in [0.5, 0.6) is 0 Å². The number of carbonyl (C=O) groups excluding carboxylic acids is 1. The Labute approximate surface area is 135 Å². The first kappa shape index (κ1) is 16.0. The molecule has 2 aromatic rings. The maximum absolute atomic E-state index is 12.2. The van der Waals surface area contributed by atoms with Crippen molar-refractivity contribution in [3.05, 3.63) is 36.0 Å². The van der Waals surface area contributed by atoms with E-state index in [1.54, 1.807) is 18.3 Å². The second-order valence-corrected chi connectivity index (χ2v) is 7.89. The number of benzene rings is 1. The lowest BCUT2D eigenvalue weighted by molar-refractivity contribution is 0.0958. The van der Waals surface area contributed by atoms with Crippen LogP contribution in [-0.4, -0.2) is 38.2 Å². The Morgan fingerprint density at radius 2 is 2.09 bits per heavy atom. The highest BCUT2D eigenvalue weighted by molar-refractivity contribution is 7.89. The maximum atomic E-state index is 12.2. The molecule has 1 aromatic heterocycles. The fourth-order valence-corrected chi connectivity index (χ4v) is 3.70. The average molecular weight is 335 g/mol. The molecule has 0 radical (unpaired) electrons. The minimum atomic E-state index is -3.33. The summed E-state index contributed by atoms with van der Waals surface area (Å²) in [5, 5.41) is 3.51. The smallest absolute Gasteiger partial charge is 0.251 e. The van der Waals surface area contributed by atoms with Gasteiger partial charge in [-0.3, -0.25) is 4.79 Å². The number of carbonyl (C=O) groups is 1. The highest BCUT2D eigenvalue weighted by atomic mass is 32.2. The zero-order chi connectivity index (χ0) is 16.3. The third-order valence-electron chi connectivity index (χ3n) is 4.31. The van der Waals surface area contributed by atoms with Crippen molar-refractivity contribution in [2.24, 2.45) is 5.92 Å². The lowest BCUT2D eigenvalue weighted by Gasteiger charge is -2.25. The summed E-state index contributed by atoms with van der Waals surface area (Å²) in [5.74, 6) is 0.115. The fraction of sp³-hybridized carbons (Fsp3) is 0.438. The second kappa shape index (κ2) is 6.72. The van der Waals surface area contributed by atoms with Gasteiger partial charge in [-0.15, -0.1) is 0 Å². The van der Waals surface area contributed by atoms with E-state index >= 15 is 0 Å². The number of hydrogen-bond donors (Lipinski definition) is 3. The van der Waals surface area contributed by atoms with E-state index in [0.29, 0.717) is 18.0 Å². The van der Waals surface area contributed by atoms with Gasteiger partial charge in [0, 0.05) is 35.8 Å². The summed E-state index contributed by atoms with van der Waals surface area (Å²) in [6, 6.07) is 7.25. The van der Waals surface area contributed by atoms with Gasteiger partial charge in [0.15, 0.2) is 0 Å². The number of H-pyrrole nitrogens is 1. The largest absolute Gasteiger partial charge is 0.361 e. The summed E-state index contributed by atoms with van der Waals surface area (Å²) < 4.78 is 26.4. The molecule has 0 unspecified atom stereocenters. The van der Waals surface area contributed by atoms with Crippen molar-refractivity contribution in [1.82, 2.24) is 15.0 Å². The molecule has 0 bridgehead atoms. The fourth-order valence-electron chi connectivity index (χ4n) is 2.69. The van der Waals surface area contributed by atoms with E-state index in [1.807, 2.05) is 12.1 Å². The van der Waals surface area contributed by atoms with Crippen molar-refractivity contribution < 1.29 is 13.2 Å². The van der Waals surface area contributed by atoms with Crippen LogP contribution < -0.4 is 10.0 Å². The van der Waals surface area contributed by atoms with E-state index < -0.39 is 10.0 Å². The van der Waals surface area contributed by atoms with E-state index in [4.69, 9.17) is 0 Å². The summed E-state index contributed by atoms with van der Waals surface area (Å²) in [7, 11) is -3.33. The molecule has 0 spiro atoms. The van der Waals surface area contributed by atoms with Crippen molar-refractivity contribution in [3.8, 4) is 0 Å². The molecule has 1 amide bonds. The summed E-state index contributed by atoms with van der Waals surface area (Å²) in [6.07, 6.45) is 5.16. The molecule has 6 nitrogen and oxygen atoms in total. The highest BCUT2D eigenvalue weighted by Gasteiger charge is 2.20. The van der Waals surface area contributed by atoms with Gasteiger partial charge in [-0.25, -0.2) is 13.1 Å². The van der Waals surface area contributed by atoms with Crippen LogP contribution in [0.4, 0.5) is 0 Å². The van der Waals surface area contributed by atoms with Crippen molar-refractivity contribution in [3.63, 3.8) is 0 Å². The van der Waals surface area contributed by atoms with Crippen LogP contribution >= 0.6 is 0 Å². The first-order valence-electron chi connectivity index (χ1n) is 7.87. The van der Waals surface area contributed by atoms with Crippen LogP contribution in [0.15, 0.2) is 30.5 Å². The number of nitrogens with one attached hydrogen (secondary N) is 3. The Bertz CT molecular complexity index is 794. The molecule has 3 N–H and O–H groups in total. The summed E-state index contributed by atoms with van der Waals surface area (Å²) in [5.41, 5.74) is 1.43. The minimum absolute atomic E-state index is 0.0969. The van der Waals surface area contributed by atoms with Crippen LogP contribution in [0, 0.1) is 5.92 Å². The van der Waals surface area contributed by atoms with Gasteiger partial charge < -0.3 is 10.3 Å². The number of rotatable bonds is 7. The lowest BCUT2D eigenvalue weighted by Crippen LogP contribution is -2.37. The number of hydrogen-bond acceptors (Lipinski definition) is 3. The zero-order valence-electron chi connectivity index (χ0n) is 12.8. The average Bonchev–Trinajstić information content (AvgIpc) is 2.93. The van der Waals surface area contributed by atoms with Crippen LogP contribution in [0.2, 0.25) is 0 Å². The van der Waals surface area contributed by atoms with Crippen molar-refractivity contribution in [1.29, 1.82) is 0 Å². The van der Waals surface area contributed by atoms with Crippen molar-refractivity contribution in [2.75, 3.05) is 18.8 Å². The third-order valence-corrected chi connectivity index (χ3v) is 5.66. The highest BCUT2D eigenvalue weighted by Crippen LogP contribution is 2.25. The van der Waals surface area contributed by atoms with Gasteiger partial charge in [-0.1, -0.05) is 12.5 Å². The molecule has 0 saturated heterocycles. The SMILES string of the molecule is O=C(NCCS(=O)(=O)NCC1CCC1)c1cccc2[nH]ccc12. The molecule has 1 aliphatic rings. The molecular weight excluding hydrogens is 314 g/mol. The molecule has 1 fully saturated rings. The first-order chi connectivity index (χ1) is 11.1. The van der Waals surface area contributed by atoms with Crippen LogP contribution in [0.3, 0.4) is 0 Å². The standard InChI is InChI=1S/C16H21N3O3S/c20-16(14-5-2-6-15-13(14)7-8-17-15)18-9-10-23(21,22)19-11-12-3-1-4-12/h2,5-8,12,17,19H,1,3-4,9-11H2,(H,18,20). The van der Waals surface area contributed by atoms with Crippen molar-refractivity contribution >= 4 is 26.8 Å². The predicted octanol–water partition coefficient (Wildman–Crippen LogP) is 1.62. The second-order valence-electron chi connectivity index (χ2n) is 5.96. The number of aromatic amines is 1. The van der Waals surface area contributed by atoms with Crippen LogP contribution in [0.25, 0.3) is 10.9 Å². The molecule has 1 aromatic carbocycles. The van der Waals surface area contributed by atoms with Gasteiger partial charge in [0.2, 0.25) is 10.0 Å². The first-order valence-corrected chi connectivity index (χ1v) is 9.52. The minimum Gasteiger partial charge on any atom is -0.361 e. The maximum Gasteiger partial charge on any atom is 0.251 e. The van der Waals surface area contributed by atoms with E-state index in [0.717, 1.165) is 23.7 Å². The van der Waals surface area contributed by atoms with Gasteiger partial charge in [-0.05, 0) is 37.0 Å². The molecule has 3 rings (SSSR count). The molecule has 23 heavy (non-hydrogen) atoms. The molecule has 124 valence electrons. The summed E-state index contributed by atoms with van der Waals surface area (Å²) in [4.78, 5) is 15.3. The Kier molecular flexibility index (Phi) is 4.68. The zero-order valence-corrected chi connectivity index (χ0v) is 13.7. The predicted molar refractivity (Wildman–Crippen MR) is 89.8 cm³/mol. The van der Waals surface area contributed by atoms with Crippen LogP contribution in [-0.2, 0) is 10.0 Å². The Morgan fingerprint density at radius 3 is 2.83 bits per heavy atom. The topological polar surface area (TPSA) is 91.1 Å². The molecule has 1 aliphatic carbocycles. The summed E-state index contributed by atoms with van der Waals surface area (Å²) >= 11 is 0. The molecule has 1 saturated carbocycles. The molecule has 0 aliphatic heterocycles. The number of aromatic nitrogens is 1. The van der Waals surface area contributed by atoms with Gasteiger partial charge in [-0.2, -0.15) is 0 Å². The van der Waals surface area contributed by atoms with E-state index in [9.17, 15) is 13.2 Å². The van der Waals surface area contributed by atoms with Gasteiger partial charge in [0.05, 0.1) is 5.75 Å². The Hall–Kier alpha value is -1.86. The molecule has 7 heteroatoms. The van der Waals surface area contributed by atoms with Crippen molar-refractivity contribution in [2.45, 2.75) is 19.3 Å². The number of amides is 1. The van der Waals surface area contributed by atoms with E-state index in [2.05, 4.69) is 15.0 Å². The number of fused-ring (bicyclic) bond motifs is 1. The quantitative estimate of drug-likeness (QED) is 0.718. The van der Waals surface area contributed by atoms with E-state index in [1.165, 1.54) is 6.42 Å².